The second-order valence-corrected chi connectivity index (χ2v) is 6.05. The third kappa shape index (κ3) is 3.90. The molecule has 0 fully saturated rings. The lowest BCUT2D eigenvalue weighted by atomic mass is 10.2. The molecule has 2 aromatic carbocycles. The molecule has 1 heterocycles. The van der Waals surface area contributed by atoms with Gasteiger partial charge in [0.25, 0.3) is 0 Å². The molecule has 23 heavy (non-hydrogen) atoms. The van der Waals surface area contributed by atoms with Gasteiger partial charge in [0.2, 0.25) is 5.28 Å². The van der Waals surface area contributed by atoms with Crippen molar-refractivity contribution in [2.45, 2.75) is 13.8 Å². The maximum absolute atomic E-state index is 6.00. The Balaban J connectivity index is 1.82. The number of hydrogen-bond donors (Lipinski definition) is 1. The van der Waals surface area contributed by atoms with E-state index in [-0.39, 0.29) is 5.28 Å². The molecule has 118 valence electrons. The van der Waals surface area contributed by atoms with E-state index < -0.39 is 0 Å². The Bertz CT molecular complexity index is 803. The smallest absolute Gasteiger partial charge is 0.224 e. The molecule has 0 saturated carbocycles. The van der Waals surface area contributed by atoms with Crippen molar-refractivity contribution in [3.63, 3.8) is 0 Å². The molecule has 3 aromatic rings. The molecule has 1 N–H and O–H groups in total. The van der Waals surface area contributed by atoms with Crippen LogP contribution in [-0.2, 0) is 0 Å². The second-order valence-electron chi connectivity index (χ2n) is 5.71. The average molecular weight is 328 g/mol. The normalized spacial score (nSPS) is 11.0. The minimum Gasteiger partial charge on any atom is -0.493 e. The quantitative estimate of drug-likeness (QED) is 0.665. The highest BCUT2D eigenvalue weighted by molar-refractivity contribution is 6.28. The van der Waals surface area contributed by atoms with E-state index in [9.17, 15) is 0 Å². The first-order valence-corrected chi connectivity index (χ1v) is 7.92. The van der Waals surface area contributed by atoms with Crippen LogP contribution in [0.4, 0.5) is 11.5 Å². The number of para-hydroxylation sites is 1. The van der Waals surface area contributed by atoms with Crippen molar-refractivity contribution in [2.75, 3.05) is 11.9 Å². The standard InChI is InChI=1S/C18H18ClN3O/c1-12(2)11-23-14-9-7-13(8-10-14)20-17-15-5-3-4-6-16(15)21-18(19)22-17/h3-10,12H,11H2,1-2H3,(H,20,21,22). The third-order valence-electron chi connectivity index (χ3n) is 3.28. The largest absolute Gasteiger partial charge is 0.493 e. The Labute approximate surface area is 140 Å². The van der Waals surface area contributed by atoms with Crippen molar-refractivity contribution >= 4 is 34.0 Å². The molecule has 0 unspecified atom stereocenters. The van der Waals surface area contributed by atoms with E-state index in [0.717, 1.165) is 22.3 Å². The maximum atomic E-state index is 6.00. The van der Waals surface area contributed by atoms with Crippen LogP contribution in [0.15, 0.2) is 48.5 Å². The zero-order valence-electron chi connectivity index (χ0n) is 13.1. The van der Waals surface area contributed by atoms with Gasteiger partial charge >= 0.3 is 0 Å². The number of halogens is 1. The zero-order valence-corrected chi connectivity index (χ0v) is 13.8. The van der Waals surface area contributed by atoms with Crippen LogP contribution >= 0.6 is 11.6 Å². The summed E-state index contributed by atoms with van der Waals surface area (Å²) in [5.41, 5.74) is 1.73. The first-order chi connectivity index (χ1) is 11.1. The topological polar surface area (TPSA) is 47.0 Å². The highest BCUT2D eigenvalue weighted by atomic mass is 35.5. The average Bonchev–Trinajstić information content (AvgIpc) is 2.54. The molecule has 0 bridgehead atoms. The van der Waals surface area contributed by atoms with Crippen LogP contribution in [0.25, 0.3) is 10.9 Å². The van der Waals surface area contributed by atoms with Crippen molar-refractivity contribution in [1.82, 2.24) is 9.97 Å². The monoisotopic (exact) mass is 327 g/mol. The molecule has 0 radical (unpaired) electrons. The molecule has 5 heteroatoms. The number of rotatable bonds is 5. The summed E-state index contributed by atoms with van der Waals surface area (Å²) >= 11 is 6.00. The van der Waals surface area contributed by atoms with Crippen LogP contribution in [0.5, 0.6) is 5.75 Å². The van der Waals surface area contributed by atoms with E-state index >= 15 is 0 Å². The van der Waals surface area contributed by atoms with Crippen LogP contribution in [0.3, 0.4) is 0 Å². The summed E-state index contributed by atoms with van der Waals surface area (Å²) in [6.45, 7) is 4.96. The van der Waals surface area contributed by atoms with Gasteiger partial charge in [0.15, 0.2) is 0 Å². The number of nitrogens with one attached hydrogen (secondary N) is 1. The van der Waals surface area contributed by atoms with Gasteiger partial charge in [-0.2, -0.15) is 4.98 Å². The number of hydrogen-bond acceptors (Lipinski definition) is 4. The number of anilines is 2. The molecule has 0 aliphatic rings. The molecule has 1 aromatic heterocycles. The predicted octanol–water partition coefficient (Wildman–Crippen LogP) is 5.06. The Hall–Kier alpha value is -2.33. The van der Waals surface area contributed by atoms with E-state index in [1.807, 2.05) is 48.5 Å². The highest BCUT2D eigenvalue weighted by Gasteiger charge is 2.06. The maximum Gasteiger partial charge on any atom is 0.224 e. The molecule has 0 aliphatic heterocycles. The van der Waals surface area contributed by atoms with Crippen molar-refractivity contribution < 1.29 is 4.74 Å². The fourth-order valence-electron chi connectivity index (χ4n) is 2.18. The SMILES string of the molecule is CC(C)COc1ccc(Nc2nc(Cl)nc3ccccc23)cc1. The highest BCUT2D eigenvalue weighted by Crippen LogP contribution is 2.26. The van der Waals surface area contributed by atoms with Gasteiger partial charge in [-0.3, -0.25) is 0 Å². The van der Waals surface area contributed by atoms with Crippen molar-refractivity contribution in [3.05, 3.63) is 53.8 Å². The molecule has 3 rings (SSSR count). The van der Waals surface area contributed by atoms with Crippen molar-refractivity contribution in [1.29, 1.82) is 0 Å². The minimum absolute atomic E-state index is 0.225. The molecule has 0 aliphatic carbocycles. The van der Waals surface area contributed by atoms with E-state index in [1.54, 1.807) is 0 Å². The lowest BCUT2D eigenvalue weighted by Crippen LogP contribution is -2.04. The van der Waals surface area contributed by atoms with Gasteiger partial charge in [-0.05, 0) is 53.9 Å². The molecular formula is C18H18ClN3O. The number of nitrogens with zero attached hydrogens (tertiary/aromatic N) is 2. The van der Waals surface area contributed by atoms with E-state index in [1.165, 1.54) is 0 Å². The number of fused-ring (bicyclic) bond motifs is 1. The molecule has 0 amide bonds. The van der Waals surface area contributed by atoms with Gasteiger partial charge in [-0.25, -0.2) is 4.98 Å². The van der Waals surface area contributed by atoms with Crippen molar-refractivity contribution in [2.24, 2.45) is 5.92 Å². The lowest BCUT2D eigenvalue weighted by molar-refractivity contribution is 0.271. The molecule has 4 nitrogen and oxygen atoms in total. The van der Waals surface area contributed by atoms with Gasteiger partial charge in [0.05, 0.1) is 12.1 Å². The molecular weight excluding hydrogens is 310 g/mol. The number of aromatic nitrogens is 2. The van der Waals surface area contributed by atoms with Gasteiger partial charge in [0, 0.05) is 11.1 Å². The molecule has 0 spiro atoms. The number of ether oxygens (including phenoxy) is 1. The summed E-state index contributed by atoms with van der Waals surface area (Å²) in [5, 5.41) is 4.44. The second kappa shape index (κ2) is 6.84. The van der Waals surface area contributed by atoms with E-state index in [0.29, 0.717) is 18.3 Å². The van der Waals surface area contributed by atoms with Crippen LogP contribution in [0.1, 0.15) is 13.8 Å². The fraction of sp³-hybridized carbons (Fsp3) is 0.222. The lowest BCUT2D eigenvalue weighted by Gasteiger charge is -2.11. The van der Waals surface area contributed by atoms with Gasteiger partial charge in [0.1, 0.15) is 11.6 Å². The van der Waals surface area contributed by atoms with Gasteiger partial charge in [-0.15, -0.1) is 0 Å². The third-order valence-corrected chi connectivity index (χ3v) is 3.45. The Kier molecular flexibility index (Phi) is 4.63. The van der Waals surface area contributed by atoms with Crippen LogP contribution in [0.2, 0.25) is 5.28 Å². The summed E-state index contributed by atoms with van der Waals surface area (Å²) < 4.78 is 5.69. The molecule has 0 atom stereocenters. The Morgan fingerprint density at radius 1 is 1.04 bits per heavy atom. The van der Waals surface area contributed by atoms with E-state index in [2.05, 4.69) is 29.1 Å². The first kappa shape index (κ1) is 15.6. The van der Waals surface area contributed by atoms with Crippen LogP contribution in [-0.4, -0.2) is 16.6 Å². The van der Waals surface area contributed by atoms with Gasteiger partial charge in [-0.1, -0.05) is 26.0 Å². The summed E-state index contributed by atoms with van der Waals surface area (Å²) in [6.07, 6.45) is 0. The summed E-state index contributed by atoms with van der Waals surface area (Å²) in [7, 11) is 0. The van der Waals surface area contributed by atoms with Crippen LogP contribution in [0, 0.1) is 5.92 Å². The fourth-order valence-corrected chi connectivity index (χ4v) is 2.35. The summed E-state index contributed by atoms with van der Waals surface area (Å²) in [6, 6.07) is 15.6. The zero-order chi connectivity index (χ0) is 16.2. The first-order valence-electron chi connectivity index (χ1n) is 7.54. The predicted molar refractivity (Wildman–Crippen MR) is 94.6 cm³/mol. The Morgan fingerprint density at radius 3 is 2.52 bits per heavy atom. The van der Waals surface area contributed by atoms with Gasteiger partial charge < -0.3 is 10.1 Å². The number of benzene rings is 2. The van der Waals surface area contributed by atoms with Crippen molar-refractivity contribution in [3.8, 4) is 5.75 Å². The summed E-state index contributed by atoms with van der Waals surface area (Å²) in [5.74, 6) is 2.05. The summed E-state index contributed by atoms with van der Waals surface area (Å²) in [4.78, 5) is 8.52. The van der Waals surface area contributed by atoms with E-state index in [4.69, 9.17) is 16.3 Å². The minimum atomic E-state index is 0.225. The van der Waals surface area contributed by atoms with Crippen LogP contribution < -0.4 is 10.1 Å². The molecule has 0 saturated heterocycles. The Morgan fingerprint density at radius 2 is 1.78 bits per heavy atom.